The molecule has 4 aliphatic rings. The molecule has 0 spiro atoms. The molecule has 1 heterocycles. The minimum absolute atomic E-state index is 0.0369. The molecule has 0 radical (unpaired) electrons. The fraction of sp³-hybridized carbons (Fsp3) is 0.556. The van der Waals surface area contributed by atoms with E-state index >= 15 is 0 Å². The summed E-state index contributed by atoms with van der Waals surface area (Å²) in [7, 11) is 9.47. The Kier molecular flexibility index (Phi) is 12.8. The van der Waals surface area contributed by atoms with Gasteiger partial charge in [-0.1, -0.05) is 75.4 Å². The summed E-state index contributed by atoms with van der Waals surface area (Å²) < 4.78 is 6.09. The molecule has 304 valence electrons. The number of hydroxylamine groups is 2. The third-order valence-corrected chi connectivity index (χ3v) is 13.0. The predicted octanol–water partition coefficient (Wildman–Crippen LogP) is 4.99. The van der Waals surface area contributed by atoms with E-state index in [9.17, 15) is 19.8 Å². The monoisotopic (exact) mass is 769 g/mol. The van der Waals surface area contributed by atoms with Gasteiger partial charge in [-0.2, -0.15) is 5.06 Å². The molecule has 4 fully saturated rings. The number of hydrogen-bond donors (Lipinski definition) is 4. The Morgan fingerprint density at radius 2 is 1.77 bits per heavy atom. The molecule has 3 aromatic carbocycles. The number of likely N-dealkylation sites (N-methyl/N-ethyl adjacent to an activating group) is 1. The number of aliphatic hydroxyl groups excluding tert-OH is 2. The molecule has 1 aliphatic heterocycles. The Labute approximate surface area is 333 Å². The van der Waals surface area contributed by atoms with Crippen LogP contribution >= 0.6 is 0 Å². The number of aliphatic hydroxyl groups is 2. The van der Waals surface area contributed by atoms with E-state index in [4.69, 9.17) is 9.57 Å². The lowest BCUT2D eigenvalue weighted by molar-refractivity contribution is -0.183. The van der Waals surface area contributed by atoms with Gasteiger partial charge in [0.25, 0.3) is 5.91 Å². The first-order valence-electron chi connectivity index (χ1n) is 20.1. The Bertz CT molecular complexity index is 1830. The van der Waals surface area contributed by atoms with Crippen molar-refractivity contribution in [3.63, 3.8) is 0 Å². The zero-order chi connectivity index (χ0) is 40.5. The summed E-state index contributed by atoms with van der Waals surface area (Å²) in [5, 5.41) is 29.6. The van der Waals surface area contributed by atoms with E-state index in [1.54, 1.807) is 19.1 Å². The Hall–Kier alpha value is -4.00. The molecule has 9 atom stereocenters. The van der Waals surface area contributed by atoms with Crippen LogP contribution in [0, 0.1) is 29.1 Å². The van der Waals surface area contributed by atoms with Gasteiger partial charge < -0.3 is 35.4 Å². The van der Waals surface area contributed by atoms with Crippen molar-refractivity contribution in [2.45, 2.75) is 83.8 Å². The van der Waals surface area contributed by atoms with Gasteiger partial charge >= 0.3 is 0 Å². The molecule has 7 rings (SSSR count). The standard InChI is InChI=1S/C45H63N5O6/c1-27-36-22-32(45(36,3)4)23-37(27)47-44(54)41-40(28(2)52)39(26-51)56-50(41)24-31-16-13-17-34(42(31)55-9)30-18-19-38(49(7)8)35(21-30)43(53)46-33(25-48(5)6)20-29-14-11-10-12-15-29/h10-19,21,27-28,32-33,36-37,39-41,51-52H,20,22-26H2,1-9H3,(H,46,53)(H,47,54)/t27-,28?,32+,33?,36+,37-,39-,40?,41-/m0/s1. The third-order valence-electron chi connectivity index (χ3n) is 13.0. The first-order valence-corrected chi connectivity index (χ1v) is 20.1. The fourth-order valence-corrected chi connectivity index (χ4v) is 9.87. The maximum atomic E-state index is 14.3. The molecule has 4 N–H and O–H groups in total. The Morgan fingerprint density at radius 1 is 1.04 bits per heavy atom. The predicted molar refractivity (Wildman–Crippen MR) is 220 cm³/mol. The number of rotatable bonds is 15. The second-order valence-electron chi connectivity index (χ2n) is 17.5. The number of anilines is 1. The lowest BCUT2D eigenvalue weighted by Crippen LogP contribution is -2.62. The van der Waals surface area contributed by atoms with Gasteiger partial charge in [-0.05, 0) is 86.7 Å². The molecule has 3 aromatic rings. The number of hydrogen-bond acceptors (Lipinski definition) is 9. The van der Waals surface area contributed by atoms with Crippen molar-refractivity contribution in [1.82, 2.24) is 20.6 Å². The maximum absolute atomic E-state index is 14.3. The number of fused-ring (bicyclic) bond motifs is 2. The average molecular weight is 770 g/mol. The minimum Gasteiger partial charge on any atom is -0.496 e. The summed E-state index contributed by atoms with van der Waals surface area (Å²) in [6, 6.07) is 20.9. The summed E-state index contributed by atoms with van der Waals surface area (Å²) in [6.07, 6.45) is 1.17. The topological polar surface area (TPSA) is 127 Å². The summed E-state index contributed by atoms with van der Waals surface area (Å²) >= 11 is 0. The number of benzene rings is 3. The van der Waals surface area contributed by atoms with Gasteiger partial charge in [0.1, 0.15) is 17.9 Å². The molecule has 0 aromatic heterocycles. The van der Waals surface area contributed by atoms with Crippen LogP contribution in [-0.2, 0) is 22.6 Å². The van der Waals surface area contributed by atoms with Gasteiger partial charge in [-0.15, -0.1) is 0 Å². The van der Waals surface area contributed by atoms with E-state index in [1.165, 1.54) is 6.42 Å². The van der Waals surface area contributed by atoms with Crippen LogP contribution in [0.3, 0.4) is 0 Å². The first-order chi connectivity index (χ1) is 26.6. The van der Waals surface area contributed by atoms with Crippen molar-refractivity contribution in [3.05, 3.63) is 83.4 Å². The normalized spacial score (nSPS) is 26.6. The van der Waals surface area contributed by atoms with Gasteiger partial charge in [-0.3, -0.25) is 14.4 Å². The molecule has 56 heavy (non-hydrogen) atoms. The largest absolute Gasteiger partial charge is 0.496 e. The van der Waals surface area contributed by atoms with Crippen LogP contribution in [0.5, 0.6) is 5.75 Å². The summed E-state index contributed by atoms with van der Waals surface area (Å²) in [5.41, 5.74) is 5.10. The van der Waals surface area contributed by atoms with E-state index in [2.05, 4.69) is 48.4 Å². The van der Waals surface area contributed by atoms with Crippen LogP contribution in [0.4, 0.5) is 5.69 Å². The molecular weight excluding hydrogens is 707 g/mol. The van der Waals surface area contributed by atoms with Crippen molar-refractivity contribution >= 4 is 17.5 Å². The highest BCUT2D eigenvalue weighted by atomic mass is 16.7. The number of para-hydroxylation sites is 1. The smallest absolute Gasteiger partial charge is 0.253 e. The minimum atomic E-state index is -0.901. The number of amides is 2. The summed E-state index contributed by atoms with van der Waals surface area (Å²) in [6.45, 7) is 9.07. The number of ether oxygens (including phenoxy) is 1. The number of carbonyl (C=O) groups is 2. The van der Waals surface area contributed by atoms with Gasteiger partial charge in [0.2, 0.25) is 5.91 Å². The van der Waals surface area contributed by atoms with Crippen molar-refractivity contribution in [2.24, 2.45) is 29.1 Å². The van der Waals surface area contributed by atoms with Crippen LogP contribution in [0.25, 0.3) is 11.1 Å². The summed E-state index contributed by atoms with van der Waals surface area (Å²) in [5.74, 6) is 1.03. The lowest BCUT2D eigenvalue weighted by Gasteiger charge is -2.62. The molecule has 3 aliphatic carbocycles. The molecule has 11 heteroatoms. The van der Waals surface area contributed by atoms with Crippen LogP contribution in [0.15, 0.2) is 66.7 Å². The van der Waals surface area contributed by atoms with Crippen molar-refractivity contribution in [3.8, 4) is 16.9 Å². The van der Waals surface area contributed by atoms with E-state index < -0.39 is 24.2 Å². The molecule has 2 bridgehead atoms. The van der Waals surface area contributed by atoms with E-state index in [1.807, 2.05) is 87.7 Å². The second kappa shape index (κ2) is 17.2. The van der Waals surface area contributed by atoms with Gasteiger partial charge in [0, 0.05) is 55.5 Å². The van der Waals surface area contributed by atoms with Gasteiger partial charge in [0.15, 0.2) is 0 Å². The molecule has 3 unspecified atom stereocenters. The van der Waals surface area contributed by atoms with Crippen molar-refractivity contribution < 1.29 is 29.4 Å². The van der Waals surface area contributed by atoms with Crippen LogP contribution in [0.2, 0.25) is 0 Å². The zero-order valence-electron chi connectivity index (χ0n) is 34.7. The van der Waals surface area contributed by atoms with Crippen molar-refractivity contribution in [1.29, 1.82) is 0 Å². The van der Waals surface area contributed by atoms with Crippen molar-refractivity contribution in [2.75, 3.05) is 53.4 Å². The fourth-order valence-electron chi connectivity index (χ4n) is 9.87. The third kappa shape index (κ3) is 8.48. The highest BCUT2D eigenvalue weighted by Crippen LogP contribution is 2.61. The number of methoxy groups -OCH3 is 1. The van der Waals surface area contributed by atoms with E-state index in [-0.39, 0.29) is 42.5 Å². The number of carbonyl (C=O) groups excluding carboxylic acids is 2. The van der Waals surface area contributed by atoms with E-state index in [0.29, 0.717) is 42.0 Å². The molecule has 11 nitrogen and oxygen atoms in total. The van der Waals surface area contributed by atoms with Crippen LogP contribution in [0.1, 0.15) is 62.0 Å². The van der Waals surface area contributed by atoms with E-state index in [0.717, 1.165) is 34.4 Å². The second-order valence-corrected chi connectivity index (χ2v) is 17.5. The molecule has 2 amide bonds. The number of nitrogens with one attached hydrogen (secondary N) is 2. The summed E-state index contributed by atoms with van der Waals surface area (Å²) in [4.78, 5) is 38.8. The Balaban J connectivity index is 1.28. The highest BCUT2D eigenvalue weighted by Gasteiger charge is 2.57. The lowest BCUT2D eigenvalue weighted by atomic mass is 9.45. The quantitative estimate of drug-likeness (QED) is 0.169. The van der Waals surface area contributed by atoms with Gasteiger partial charge in [-0.25, -0.2) is 0 Å². The zero-order valence-corrected chi connectivity index (χ0v) is 34.7. The maximum Gasteiger partial charge on any atom is 0.253 e. The molecule has 1 saturated heterocycles. The first kappa shape index (κ1) is 41.6. The SMILES string of the molecule is COc1c(CN2O[C@@H](CO)C(C(C)O)[C@H]2C(=O)N[C@H]2C[C@H]3C[C@H]([C@@H]2C)C3(C)C)cccc1-c1ccc(N(C)C)c(C(=O)NC(Cc2ccccc2)CN(C)C)c1. The Morgan fingerprint density at radius 3 is 2.38 bits per heavy atom. The average Bonchev–Trinajstić information content (AvgIpc) is 3.53. The van der Waals surface area contributed by atoms with Crippen LogP contribution in [-0.4, -0.2) is 111 Å². The highest BCUT2D eigenvalue weighted by molar-refractivity contribution is 6.01. The number of nitrogens with zero attached hydrogens (tertiary/aromatic N) is 3. The van der Waals surface area contributed by atoms with Gasteiger partial charge in [0.05, 0.1) is 31.9 Å². The van der Waals surface area contributed by atoms with Crippen LogP contribution < -0.4 is 20.3 Å². The molecular formula is C45H63N5O6. The molecule has 3 saturated carbocycles.